The van der Waals surface area contributed by atoms with Gasteiger partial charge in [0, 0.05) is 0 Å². The number of phenolic OH excluding ortho intramolecular Hbond substituents is 1. The van der Waals surface area contributed by atoms with Gasteiger partial charge >= 0.3 is 7.60 Å². The van der Waals surface area contributed by atoms with Gasteiger partial charge in [-0.2, -0.15) is 0 Å². The van der Waals surface area contributed by atoms with Crippen molar-refractivity contribution in [1.82, 2.24) is 0 Å². The molecule has 0 aromatic heterocycles. The molecule has 0 aliphatic rings. The van der Waals surface area contributed by atoms with E-state index in [0.29, 0.717) is 25.8 Å². The summed E-state index contributed by atoms with van der Waals surface area (Å²) in [6.45, 7) is 9.89. The van der Waals surface area contributed by atoms with Crippen LogP contribution in [0.4, 0.5) is 0 Å². The Morgan fingerprint density at radius 3 is 1.32 bits per heavy atom. The van der Waals surface area contributed by atoms with Gasteiger partial charge < -0.3 is 14.2 Å². The Morgan fingerprint density at radius 1 is 0.600 bits per heavy atom. The van der Waals surface area contributed by atoms with E-state index in [1.165, 1.54) is 103 Å². The molecule has 0 heterocycles. The third-order valence-electron chi connectivity index (χ3n) is 8.23. The molecule has 0 atom stereocenters. The van der Waals surface area contributed by atoms with Crippen molar-refractivity contribution in [2.45, 2.75) is 168 Å². The fourth-order valence-corrected chi connectivity index (χ4v) is 7.21. The largest absolute Gasteiger partial charge is 0.508 e. The Bertz CT molecular complexity index is 716. The van der Waals surface area contributed by atoms with Crippen LogP contribution in [0.15, 0.2) is 24.3 Å². The maximum absolute atomic E-state index is 13.8. The predicted octanol–water partition coefficient (Wildman–Crippen LogP) is 12.1. The van der Waals surface area contributed by atoms with E-state index in [0.717, 1.165) is 31.2 Å². The molecule has 0 aliphatic carbocycles. The smallest absolute Gasteiger partial charge is 0.330 e. The minimum atomic E-state index is -3.15. The number of hydrogen-bond donors (Lipinski definition) is 1. The number of phenols is 1. The molecule has 0 unspecified atom stereocenters. The molecule has 1 aromatic rings. The molecule has 234 valence electrons. The van der Waals surface area contributed by atoms with E-state index in [9.17, 15) is 9.67 Å². The number of benzene rings is 1. The van der Waals surface area contributed by atoms with Crippen LogP contribution in [0.1, 0.15) is 168 Å². The Hall–Kier alpha value is -0.830. The molecule has 5 heteroatoms. The van der Waals surface area contributed by atoms with Gasteiger partial charge in [-0.05, 0) is 42.4 Å². The topological polar surface area (TPSA) is 55.8 Å². The van der Waals surface area contributed by atoms with Crippen LogP contribution in [0, 0.1) is 0 Å². The van der Waals surface area contributed by atoms with Gasteiger partial charge in [-0.15, -0.1) is 0 Å². The SMILES string of the molecule is CCCCCCCCCCCCOP(=O)(CCC(C)(C)c1ccc(O)cc1)OCCCCCCCCCCCC. The molecule has 0 amide bonds. The van der Waals surface area contributed by atoms with Gasteiger partial charge in [-0.3, -0.25) is 4.57 Å². The van der Waals surface area contributed by atoms with Gasteiger partial charge in [-0.1, -0.05) is 155 Å². The van der Waals surface area contributed by atoms with Crippen molar-refractivity contribution in [2.75, 3.05) is 19.4 Å². The second-order valence-corrected chi connectivity index (χ2v) is 14.7. The summed E-state index contributed by atoms with van der Waals surface area (Å²) in [5, 5.41) is 9.66. The lowest BCUT2D eigenvalue weighted by Gasteiger charge is -2.28. The molecule has 0 saturated carbocycles. The highest BCUT2D eigenvalue weighted by molar-refractivity contribution is 7.53. The molecular formula is C35H65O4P. The first-order valence-electron chi connectivity index (χ1n) is 17.0. The lowest BCUT2D eigenvalue weighted by Crippen LogP contribution is -2.19. The Morgan fingerprint density at radius 2 is 0.950 bits per heavy atom. The van der Waals surface area contributed by atoms with Gasteiger partial charge in [0.1, 0.15) is 5.75 Å². The molecule has 0 aliphatic heterocycles. The van der Waals surface area contributed by atoms with Crippen LogP contribution in [-0.4, -0.2) is 24.5 Å². The van der Waals surface area contributed by atoms with Crippen molar-refractivity contribution in [3.63, 3.8) is 0 Å². The van der Waals surface area contributed by atoms with Gasteiger partial charge in [0.25, 0.3) is 0 Å². The van der Waals surface area contributed by atoms with Crippen molar-refractivity contribution < 1.29 is 18.7 Å². The van der Waals surface area contributed by atoms with Gasteiger partial charge in [-0.25, -0.2) is 0 Å². The van der Waals surface area contributed by atoms with Crippen LogP contribution in [0.2, 0.25) is 0 Å². The van der Waals surface area contributed by atoms with E-state index in [-0.39, 0.29) is 11.2 Å². The van der Waals surface area contributed by atoms with E-state index >= 15 is 0 Å². The highest BCUT2D eigenvalue weighted by atomic mass is 31.2. The number of hydrogen-bond acceptors (Lipinski definition) is 4. The Labute approximate surface area is 248 Å². The summed E-state index contributed by atoms with van der Waals surface area (Å²) in [4.78, 5) is 0. The highest BCUT2D eigenvalue weighted by Crippen LogP contribution is 2.51. The van der Waals surface area contributed by atoms with Crippen molar-refractivity contribution in [1.29, 1.82) is 0 Å². The first kappa shape index (κ1) is 37.2. The first-order valence-corrected chi connectivity index (χ1v) is 18.7. The lowest BCUT2D eigenvalue weighted by molar-refractivity contribution is 0.195. The number of unbranched alkanes of at least 4 members (excludes halogenated alkanes) is 18. The zero-order valence-corrected chi connectivity index (χ0v) is 27.8. The average molecular weight is 581 g/mol. The summed E-state index contributed by atoms with van der Waals surface area (Å²) in [6, 6.07) is 7.35. The number of rotatable bonds is 28. The normalized spacial score (nSPS) is 12.3. The van der Waals surface area contributed by atoms with E-state index in [2.05, 4.69) is 27.7 Å². The zero-order chi connectivity index (χ0) is 29.4. The third-order valence-corrected chi connectivity index (χ3v) is 10.2. The Kier molecular flexibility index (Phi) is 22.0. The van der Waals surface area contributed by atoms with Gasteiger partial charge in [0.05, 0.1) is 19.4 Å². The van der Waals surface area contributed by atoms with E-state index in [1.807, 2.05) is 12.1 Å². The van der Waals surface area contributed by atoms with Crippen LogP contribution in [-0.2, 0) is 19.0 Å². The fraction of sp³-hybridized carbons (Fsp3) is 0.829. The molecule has 0 spiro atoms. The second-order valence-electron chi connectivity index (χ2n) is 12.5. The molecule has 4 nitrogen and oxygen atoms in total. The molecule has 40 heavy (non-hydrogen) atoms. The van der Waals surface area contributed by atoms with Gasteiger partial charge in [0.15, 0.2) is 0 Å². The standard InChI is InChI=1S/C35H65O4P/c1-5-7-9-11-13-15-17-19-21-23-30-38-40(37,32-29-35(3,4)33-25-27-34(36)28-26-33)39-31-24-22-20-18-16-14-12-10-8-6-2/h25-28,36H,5-24,29-32H2,1-4H3. The Balaban J connectivity index is 2.40. The predicted molar refractivity (Wildman–Crippen MR) is 174 cm³/mol. The molecule has 1 rings (SSSR count). The fourth-order valence-electron chi connectivity index (χ4n) is 5.23. The maximum Gasteiger partial charge on any atom is 0.330 e. The van der Waals surface area contributed by atoms with Crippen LogP contribution in [0.5, 0.6) is 5.75 Å². The average Bonchev–Trinajstić information content (AvgIpc) is 2.94. The van der Waals surface area contributed by atoms with Crippen molar-refractivity contribution in [2.24, 2.45) is 0 Å². The zero-order valence-electron chi connectivity index (χ0n) is 26.9. The quantitative estimate of drug-likeness (QED) is 0.0791. The van der Waals surface area contributed by atoms with Crippen molar-refractivity contribution in [3.05, 3.63) is 29.8 Å². The third kappa shape index (κ3) is 19.3. The monoisotopic (exact) mass is 580 g/mol. The van der Waals surface area contributed by atoms with Crippen molar-refractivity contribution in [3.8, 4) is 5.75 Å². The molecule has 1 N–H and O–H groups in total. The van der Waals surface area contributed by atoms with Crippen LogP contribution in [0.25, 0.3) is 0 Å². The summed E-state index contributed by atoms with van der Waals surface area (Å²) >= 11 is 0. The first-order chi connectivity index (χ1) is 19.3. The molecule has 0 saturated heterocycles. The van der Waals surface area contributed by atoms with E-state index in [4.69, 9.17) is 9.05 Å². The number of aromatic hydroxyl groups is 1. The minimum absolute atomic E-state index is 0.176. The molecule has 1 aromatic carbocycles. The second kappa shape index (κ2) is 23.7. The summed E-state index contributed by atoms with van der Waals surface area (Å²) in [5.74, 6) is 0.268. The van der Waals surface area contributed by atoms with Gasteiger partial charge in [0.2, 0.25) is 0 Å². The lowest BCUT2D eigenvalue weighted by atomic mass is 9.82. The van der Waals surface area contributed by atoms with Crippen LogP contribution >= 0.6 is 7.60 Å². The molecule has 0 radical (unpaired) electrons. The summed E-state index contributed by atoms with van der Waals surface area (Å²) < 4.78 is 25.9. The molecular weight excluding hydrogens is 515 g/mol. The molecule has 0 bridgehead atoms. The van der Waals surface area contributed by atoms with E-state index < -0.39 is 7.60 Å². The summed E-state index contributed by atoms with van der Waals surface area (Å²) in [6.07, 6.45) is 26.6. The van der Waals surface area contributed by atoms with Crippen molar-refractivity contribution >= 4 is 7.60 Å². The highest BCUT2D eigenvalue weighted by Gasteiger charge is 2.30. The molecule has 0 fully saturated rings. The van der Waals surface area contributed by atoms with E-state index in [1.54, 1.807) is 12.1 Å². The van der Waals surface area contributed by atoms with Crippen LogP contribution < -0.4 is 0 Å². The summed E-state index contributed by atoms with van der Waals surface area (Å²) in [5.41, 5.74) is 0.950. The summed E-state index contributed by atoms with van der Waals surface area (Å²) in [7, 11) is -3.15. The minimum Gasteiger partial charge on any atom is -0.508 e. The maximum atomic E-state index is 13.8. The van der Waals surface area contributed by atoms with Crippen LogP contribution in [0.3, 0.4) is 0 Å².